The number of hydrogen-bond acceptors (Lipinski definition) is 2. The molecular formula is C58H49N3. The lowest BCUT2D eigenvalue weighted by molar-refractivity contribution is 1.09. The predicted octanol–water partition coefficient (Wildman–Crippen LogP) is 15.9. The van der Waals surface area contributed by atoms with Crippen LogP contribution in [0.25, 0.3) is 27.5 Å². The molecule has 0 bridgehead atoms. The molecule has 0 atom stereocenters. The number of rotatable bonds is 5. The molecule has 296 valence electrons. The van der Waals surface area contributed by atoms with Gasteiger partial charge in [0.15, 0.2) is 0 Å². The van der Waals surface area contributed by atoms with Crippen LogP contribution in [0, 0.1) is 20.8 Å². The fourth-order valence-corrected chi connectivity index (χ4v) is 8.25. The summed E-state index contributed by atoms with van der Waals surface area (Å²) < 4.78 is 2.34. The Bertz CT molecular complexity index is 2860. The largest absolute Gasteiger partial charge is 0.311 e. The fourth-order valence-electron chi connectivity index (χ4n) is 8.25. The van der Waals surface area contributed by atoms with Gasteiger partial charge < -0.3 is 14.4 Å². The molecule has 0 saturated heterocycles. The van der Waals surface area contributed by atoms with Crippen molar-refractivity contribution in [3.63, 3.8) is 0 Å². The lowest BCUT2D eigenvalue weighted by Crippen LogP contribution is -2.18. The van der Waals surface area contributed by atoms with Crippen LogP contribution in [0.2, 0.25) is 0 Å². The van der Waals surface area contributed by atoms with Gasteiger partial charge in [-0.3, -0.25) is 0 Å². The van der Waals surface area contributed by atoms with Gasteiger partial charge in [-0.25, -0.2) is 0 Å². The molecule has 3 heteroatoms. The molecule has 3 nitrogen and oxygen atoms in total. The van der Waals surface area contributed by atoms with E-state index >= 15 is 0 Å². The van der Waals surface area contributed by atoms with Gasteiger partial charge in [0.05, 0.1) is 11.0 Å². The smallest absolute Gasteiger partial charge is 0.0541 e. The van der Waals surface area contributed by atoms with Crippen LogP contribution in [0.15, 0.2) is 231 Å². The monoisotopic (exact) mass is 787 g/mol. The molecule has 0 N–H and O–H groups in total. The summed E-state index contributed by atoms with van der Waals surface area (Å²) in [4.78, 5) is 4.63. The Morgan fingerprint density at radius 3 is 1.16 bits per heavy atom. The second-order valence-electron chi connectivity index (χ2n) is 15.7. The minimum absolute atomic E-state index is 1.01. The molecular weight excluding hydrogens is 739 g/mol. The average Bonchev–Trinajstić information content (AvgIpc) is 3.65. The van der Waals surface area contributed by atoms with Crippen molar-refractivity contribution in [2.75, 3.05) is 9.80 Å². The summed E-state index contributed by atoms with van der Waals surface area (Å²) in [6.07, 6.45) is 1.01. The Labute approximate surface area is 360 Å². The molecule has 11 rings (SSSR count). The maximum atomic E-state index is 2.37. The summed E-state index contributed by atoms with van der Waals surface area (Å²) in [5.41, 5.74) is 17.7. The molecule has 0 radical (unpaired) electrons. The minimum Gasteiger partial charge on any atom is -0.311 e. The zero-order chi connectivity index (χ0) is 41.5. The van der Waals surface area contributed by atoms with Crippen molar-refractivity contribution in [1.29, 1.82) is 0 Å². The van der Waals surface area contributed by atoms with Gasteiger partial charge in [0, 0.05) is 57.0 Å². The second kappa shape index (κ2) is 17.7. The zero-order valence-corrected chi connectivity index (χ0v) is 35.0. The highest BCUT2D eigenvalue weighted by atomic mass is 15.2. The Balaban J connectivity index is 0.000000117. The van der Waals surface area contributed by atoms with E-state index in [0.717, 1.165) is 6.42 Å². The predicted molar refractivity (Wildman–Crippen MR) is 260 cm³/mol. The van der Waals surface area contributed by atoms with E-state index < -0.39 is 0 Å². The number of hydrogen-bond donors (Lipinski definition) is 0. The number of aryl methyl sites for hydroxylation is 3. The molecule has 0 fully saturated rings. The first-order valence-corrected chi connectivity index (χ1v) is 21.1. The third-order valence-corrected chi connectivity index (χ3v) is 11.3. The molecule has 1 aliphatic rings. The molecule has 1 aliphatic heterocycles. The molecule has 2 heterocycles. The Morgan fingerprint density at radius 1 is 0.328 bits per heavy atom. The van der Waals surface area contributed by atoms with Gasteiger partial charge in [-0.05, 0) is 117 Å². The van der Waals surface area contributed by atoms with Gasteiger partial charge in [0.1, 0.15) is 0 Å². The summed E-state index contributed by atoms with van der Waals surface area (Å²) >= 11 is 0. The Hall–Kier alpha value is -7.62. The van der Waals surface area contributed by atoms with Crippen LogP contribution >= 0.6 is 0 Å². The number of nitrogens with zero attached hydrogens (tertiary/aromatic N) is 3. The highest BCUT2D eigenvalue weighted by Gasteiger charge is 2.23. The van der Waals surface area contributed by atoms with Crippen LogP contribution in [0.1, 0.15) is 27.8 Å². The third kappa shape index (κ3) is 8.32. The lowest BCUT2D eigenvalue weighted by Gasteiger charge is -2.33. The summed E-state index contributed by atoms with van der Waals surface area (Å²) in [5, 5.41) is 2.62. The van der Waals surface area contributed by atoms with Crippen molar-refractivity contribution in [3.05, 3.63) is 258 Å². The van der Waals surface area contributed by atoms with E-state index in [1.165, 1.54) is 89.4 Å². The van der Waals surface area contributed by atoms with E-state index in [0.29, 0.717) is 0 Å². The average molecular weight is 788 g/mol. The van der Waals surface area contributed by atoms with E-state index in [4.69, 9.17) is 0 Å². The number of fused-ring (bicyclic) bond motifs is 5. The van der Waals surface area contributed by atoms with Crippen LogP contribution in [0.3, 0.4) is 0 Å². The van der Waals surface area contributed by atoms with Crippen LogP contribution < -0.4 is 9.80 Å². The van der Waals surface area contributed by atoms with E-state index in [1.807, 2.05) is 12.1 Å². The first kappa shape index (κ1) is 38.9. The van der Waals surface area contributed by atoms with Crippen molar-refractivity contribution in [2.45, 2.75) is 27.2 Å². The number of aromatic nitrogens is 1. The first-order valence-electron chi connectivity index (χ1n) is 21.1. The van der Waals surface area contributed by atoms with Crippen molar-refractivity contribution in [1.82, 2.24) is 4.57 Å². The Morgan fingerprint density at radius 2 is 0.689 bits per heavy atom. The van der Waals surface area contributed by atoms with Crippen LogP contribution in [-0.4, -0.2) is 4.57 Å². The highest BCUT2D eigenvalue weighted by Crippen LogP contribution is 2.43. The topological polar surface area (TPSA) is 11.4 Å². The molecule has 9 aromatic carbocycles. The molecule has 0 saturated carbocycles. The highest BCUT2D eigenvalue weighted by molar-refractivity contribution is 6.09. The summed E-state index contributed by atoms with van der Waals surface area (Å²) in [6.45, 7) is 6.36. The zero-order valence-electron chi connectivity index (χ0n) is 35.0. The molecule has 61 heavy (non-hydrogen) atoms. The van der Waals surface area contributed by atoms with Crippen LogP contribution in [0.4, 0.5) is 34.1 Å². The summed E-state index contributed by atoms with van der Waals surface area (Å²) in [6, 6.07) is 81.5. The van der Waals surface area contributed by atoms with Gasteiger partial charge in [-0.2, -0.15) is 0 Å². The fraction of sp³-hybridized carbons (Fsp3) is 0.0690. The summed E-state index contributed by atoms with van der Waals surface area (Å²) in [7, 11) is 0. The van der Waals surface area contributed by atoms with E-state index in [1.54, 1.807) is 0 Å². The first-order chi connectivity index (χ1) is 30.0. The van der Waals surface area contributed by atoms with Crippen LogP contribution in [-0.2, 0) is 6.42 Å². The maximum Gasteiger partial charge on any atom is 0.0541 e. The van der Waals surface area contributed by atoms with E-state index in [9.17, 15) is 0 Å². The lowest BCUT2D eigenvalue weighted by atomic mass is 9.95. The van der Waals surface area contributed by atoms with Gasteiger partial charge in [-0.1, -0.05) is 162 Å². The van der Waals surface area contributed by atoms with E-state index in [2.05, 4.69) is 254 Å². The van der Waals surface area contributed by atoms with Gasteiger partial charge in [0.2, 0.25) is 0 Å². The Kier molecular flexibility index (Phi) is 11.3. The van der Waals surface area contributed by atoms with Crippen molar-refractivity contribution >= 4 is 55.9 Å². The van der Waals surface area contributed by atoms with E-state index in [-0.39, 0.29) is 0 Å². The molecule has 1 aromatic heterocycles. The standard InChI is InChI=1S/C20H17N.C19H15N.C19H17N/c1-15-10-12-18(13-11-15)21-19-8-4-2-6-16(19)14-17-7-3-5-9-20(17)21;1-14-10-12-15(13-11-14)20-18-8-4-2-6-16(18)17-7-3-5-9-19(17)20;1-16-12-14-19(15-13-16)20(17-8-4-2-5-9-17)18-10-6-3-7-11-18/h2-13H,14H2,1H3;2-13H,1H3;2-15H,1H3. The summed E-state index contributed by atoms with van der Waals surface area (Å²) in [5.74, 6) is 0. The van der Waals surface area contributed by atoms with Crippen LogP contribution in [0.5, 0.6) is 0 Å². The third-order valence-electron chi connectivity index (χ3n) is 11.3. The number of anilines is 6. The van der Waals surface area contributed by atoms with Crippen molar-refractivity contribution in [3.8, 4) is 5.69 Å². The van der Waals surface area contributed by atoms with Crippen molar-refractivity contribution < 1.29 is 0 Å². The molecule has 0 amide bonds. The number of para-hydroxylation sites is 6. The van der Waals surface area contributed by atoms with Gasteiger partial charge >= 0.3 is 0 Å². The SMILES string of the molecule is Cc1ccc(-n2c3ccccc3c3ccccc32)cc1.Cc1ccc(N(c2ccccc2)c2ccccc2)cc1.Cc1ccc(N2c3ccccc3Cc3ccccc32)cc1. The second-order valence-corrected chi connectivity index (χ2v) is 15.7. The minimum atomic E-state index is 1.01. The molecule has 0 unspecified atom stereocenters. The van der Waals surface area contributed by atoms with Gasteiger partial charge in [0.25, 0.3) is 0 Å². The number of benzene rings is 9. The molecule has 0 spiro atoms. The quantitative estimate of drug-likeness (QED) is 0.172. The molecule has 10 aromatic rings. The van der Waals surface area contributed by atoms with Crippen molar-refractivity contribution in [2.24, 2.45) is 0 Å². The maximum absolute atomic E-state index is 2.37. The normalized spacial score (nSPS) is 11.4. The molecule has 0 aliphatic carbocycles. The van der Waals surface area contributed by atoms with Gasteiger partial charge in [-0.15, -0.1) is 0 Å².